The van der Waals surface area contributed by atoms with Crippen molar-refractivity contribution in [1.29, 1.82) is 0 Å². The lowest BCUT2D eigenvalue weighted by Gasteiger charge is -2.35. The van der Waals surface area contributed by atoms with Crippen molar-refractivity contribution in [2.24, 2.45) is 11.5 Å². The Labute approximate surface area is 153 Å². The first-order chi connectivity index (χ1) is 12.5. The minimum atomic E-state index is -0.560. The van der Waals surface area contributed by atoms with Gasteiger partial charge in [-0.1, -0.05) is 30.3 Å². The summed E-state index contributed by atoms with van der Waals surface area (Å²) >= 11 is 0. The van der Waals surface area contributed by atoms with E-state index in [1.54, 1.807) is 4.90 Å². The van der Waals surface area contributed by atoms with Crippen molar-refractivity contribution in [3.05, 3.63) is 35.9 Å². The van der Waals surface area contributed by atoms with Gasteiger partial charge in [0.05, 0.1) is 12.1 Å². The van der Waals surface area contributed by atoms with E-state index in [1.807, 2.05) is 35.2 Å². The minimum absolute atomic E-state index is 0.136. The van der Waals surface area contributed by atoms with E-state index in [-0.39, 0.29) is 5.91 Å². The van der Waals surface area contributed by atoms with Crippen molar-refractivity contribution in [2.75, 3.05) is 13.1 Å². The van der Waals surface area contributed by atoms with Gasteiger partial charge in [-0.15, -0.1) is 0 Å². The fourth-order valence-electron chi connectivity index (χ4n) is 4.17. The average molecular weight is 358 g/mol. The van der Waals surface area contributed by atoms with Crippen LogP contribution < -0.4 is 11.5 Å². The summed E-state index contributed by atoms with van der Waals surface area (Å²) < 4.78 is 0. The number of nitrogens with two attached hydrogens (primary N) is 2. The van der Waals surface area contributed by atoms with Crippen LogP contribution in [0.4, 0.5) is 0 Å². The first kappa shape index (κ1) is 18.4. The van der Waals surface area contributed by atoms with E-state index in [0.29, 0.717) is 32.4 Å². The Balaban J connectivity index is 1.88. The van der Waals surface area contributed by atoms with Gasteiger partial charge in [0, 0.05) is 6.54 Å². The molecule has 1 aromatic carbocycles. The Morgan fingerprint density at radius 2 is 1.58 bits per heavy atom. The molecule has 7 nitrogen and oxygen atoms in total. The van der Waals surface area contributed by atoms with Gasteiger partial charge in [-0.25, -0.2) is 0 Å². The Morgan fingerprint density at radius 3 is 2.23 bits per heavy atom. The van der Waals surface area contributed by atoms with Crippen LogP contribution >= 0.6 is 0 Å². The smallest absolute Gasteiger partial charge is 0.240 e. The second-order valence-electron chi connectivity index (χ2n) is 7.10. The van der Waals surface area contributed by atoms with E-state index in [2.05, 4.69) is 0 Å². The van der Waals surface area contributed by atoms with Gasteiger partial charge in [0.1, 0.15) is 6.04 Å². The van der Waals surface area contributed by atoms with Crippen LogP contribution in [-0.2, 0) is 20.8 Å². The maximum atomic E-state index is 13.3. The Hall–Kier alpha value is -2.41. The molecule has 2 aliphatic heterocycles. The van der Waals surface area contributed by atoms with Crippen LogP contribution in [0.5, 0.6) is 0 Å². The lowest BCUT2D eigenvalue weighted by Crippen LogP contribution is -2.56. The summed E-state index contributed by atoms with van der Waals surface area (Å²) in [7, 11) is 0. The highest BCUT2D eigenvalue weighted by molar-refractivity contribution is 5.90. The van der Waals surface area contributed by atoms with E-state index in [4.69, 9.17) is 11.5 Å². The molecule has 0 aliphatic carbocycles. The van der Waals surface area contributed by atoms with Crippen LogP contribution in [0.1, 0.15) is 31.2 Å². The molecule has 140 valence electrons. The molecule has 3 atom stereocenters. The van der Waals surface area contributed by atoms with Gasteiger partial charge >= 0.3 is 0 Å². The molecule has 26 heavy (non-hydrogen) atoms. The molecule has 0 aromatic heterocycles. The Morgan fingerprint density at radius 1 is 0.962 bits per heavy atom. The van der Waals surface area contributed by atoms with E-state index >= 15 is 0 Å². The molecule has 0 radical (unpaired) electrons. The van der Waals surface area contributed by atoms with E-state index in [0.717, 1.165) is 18.4 Å². The summed E-state index contributed by atoms with van der Waals surface area (Å²) in [6.45, 7) is 1.17. The number of hydrogen-bond acceptors (Lipinski definition) is 4. The van der Waals surface area contributed by atoms with E-state index in [9.17, 15) is 14.4 Å². The van der Waals surface area contributed by atoms with Gasteiger partial charge < -0.3 is 16.4 Å². The standard InChI is InChI=1S/C19H26N4O3/c20-17(24)14-8-4-10-22(14)16(12-13-6-2-1-3-7-13)19(26)23-11-5-9-15(23)18(21)25/h1-3,6-7,14-16H,4-5,8-12H2,(H2,20,24)(H2,21,25)/t14-,15-,16+/m0/s1. The summed E-state index contributed by atoms with van der Waals surface area (Å²) in [6, 6.07) is 8.18. The molecule has 4 N–H and O–H groups in total. The highest BCUT2D eigenvalue weighted by Gasteiger charge is 2.42. The summed E-state index contributed by atoms with van der Waals surface area (Å²) in [5.41, 5.74) is 12.1. The summed E-state index contributed by atoms with van der Waals surface area (Å²) in [5, 5.41) is 0. The van der Waals surface area contributed by atoms with Gasteiger partial charge in [0.15, 0.2) is 0 Å². The summed E-state index contributed by atoms with van der Waals surface area (Å²) in [5.74, 6) is -1.01. The number of benzene rings is 1. The molecule has 2 fully saturated rings. The molecule has 2 heterocycles. The van der Waals surface area contributed by atoms with Crippen LogP contribution in [0.3, 0.4) is 0 Å². The lowest BCUT2D eigenvalue weighted by molar-refractivity contribution is -0.143. The summed E-state index contributed by atoms with van der Waals surface area (Å²) in [6.07, 6.45) is 3.32. The lowest BCUT2D eigenvalue weighted by atomic mass is 10.0. The second kappa shape index (κ2) is 7.86. The number of amides is 3. The van der Waals surface area contributed by atoms with Gasteiger partial charge in [-0.3, -0.25) is 19.3 Å². The molecule has 0 bridgehead atoms. The number of rotatable bonds is 6. The zero-order chi connectivity index (χ0) is 18.7. The summed E-state index contributed by atoms with van der Waals surface area (Å²) in [4.78, 5) is 40.4. The molecule has 0 saturated carbocycles. The molecule has 3 amide bonds. The monoisotopic (exact) mass is 358 g/mol. The molecular weight excluding hydrogens is 332 g/mol. The molecule has 0 unspecified atom stereocenters. The molecular formula is C19H26N4O3. The predicted molar refractivity (Wildman–Crippen MR) is 96.8 cm³/mol. The molecule has 2 saturated heterocycles. The van der Waals surface area contributed by atoms with Crippen molar-refractivity contribution < 1.29 is 14.4 Å². The number of primary amides is 2. The van der Waals surface area contributed by atoms with Crippen LogP contribution in [0.15, 0.2) is 30.3 Å². The zero-order valence-electron chi connectivity index (χ0n) is 14.8. The number of carbonyl (C=O) groups is 3. The fraction of sp³-hybridized carbons (Fsp3) is 0.526. The van der Waals surface area contributed by atoms with Gasteiger partial charge in [0.2, 0.25) is 17.7 Å². The predicted octanol–water partition coefficient (Wildman–Crippen LogP) is 0.0237. The minimum Gasteiger partial charge on any atom is -0.368 e. The number of hydrogen-bond donors (Lipinski definition) is 2. The Kier molecular flexibility index (Phi) is 5.56. The normalized spacial score (nSPS) is 24.5. The third-order valence-electron chi connectivity index (χ3n) is 5.44. The first-order valence-electron chi connectivity index (χ1n) is 9.18. The highest BCUT2D eigenvalue weighted by atomic mass is 16.2. The topological polar surface area (TPSA) is 110 Å². The SMILES string of the molecule is NC(=O)[C@@H]1CCCN1C(=O)[C@@H](Cc1ccccc1)N1CCC[C@H]1C(N)=O. The van der Waals surface area contributed by atoms with Crippen molar-refractivity contribution in [1.82, 2.24) is 9.80 Å². The quantitative estimate of drug-likeness (QED) is 0.747. The van der Waals surface area contributed by atoms with Crippen molar-refractivity contribution in [3.8, 4) is 0 Å². The van der Waals surface area contributed by atoms with Crippen LogP contribution in [0.25, 0.3) is 0 Å². The molecule has 1 aromatic rings. The van der Waals surface area contributed by atoms with Gasteiger partial charge in [0.25, 0.3) is 0 Å². The van der Waals surface area contributed by atoms with Crippen molar-refractivity contribution in [2.45, 2.75) is 50.2 Å². The van der Waals surface area contributed by atoms with E-state index < -0.39 is 29.9 Å². The highest BCUT2D eigenvalue weighted by Crippen LogP contribution is 2.26. The molecule has 7 heteroatoms. The van der Waals surface area contributed by atoms with Crippen LogP contribution in [0.2, 0.25) is 0 Å². The van der Waals surface area contributed by atoms with Crippen LogP contribution in [0, 0.1) is 0 Å². The van der Waals surface area contributed by atoms with Gasteiger partial charge in [-0.05, 0) is 44.2 Å². The van der Waals surface area contributed by atoms with Crippen molar-refractivity contribution in [3.63, 3.8) is 0 Å². The van der Waals surface area contributed by atoms with Crippen LogP contribution in [-0.4, -0.2) is 58.7 Å². The molecule has 2 aliphatic rings. The zero-order valence-corrected chi connectivity index (χ0v) is 14.8. The van der Waals surface area contributed by atoms with Crippen molar-refractivity contribution >= 4 is 17.7 Å². The number of nitrogens with zero attached hydrogens (tertiary/aromatic N) is 2. The first-order valence-corrected chi connectivity index (χ1v) is 9.18. The number of likely N-dealkylation sites (tertiary alicyclic amines) is 2. The Bertz CT molecular complexity index is 679. The third kappa shape index (κ3) is 3.72. The van der Waals surface area contributed by atoms with Gasteiger partial charge in [-0.2, -0.15) is 0 Å². The number of carbonyl (C=O) groups excluding carboxylic acids is 3. The largest absolute Gasteiger partial charge is 0.368 e. The second-order valence-corrected chi connectivity index (χ2v) is 7.10. The molecule has 3 rings (SSSR count). The molecule has 0 spiro atoms. The van der Waals surface area contributed by atoms with E-state index in [1.165, 1.54) is 0 Å². The maximum Gasteiger partial charge on any atom is 0.240 e. The average Bonchev–Trinajstić information content (AvgIpc) is 3.29. The third-order valence-corrected chi connectivity index (χ3v) is 5.44. The maximum absolute atomic E-state index is 13.3. The fourth-order valence-corrected chi connectivity index (χ4v) is 4.17.